The Morgan fingerprint density at radius 1 is 0.595 bits per heavy atom. The zero-order chi connectivity index (χ0) is 25.7. The lowest BCUT2D eigenvalue weighted by atomic mass is 10.1. The first-order valence-corrected chi connectivity index (χ1v) is 12.4. The molecule has 6 nitrogen and oxygen atoms in total. The van der Waals surface area contributed by atoms with Crippen molar-refractivity contribution < 1.29 is 14.3 Å². The summed E-state index contributed by atoms with van der Waals surface area (Å²) < 4.78 is 5.80. The van der Waals surface area contributed by atoms with Crippen LogP contribution in [-0.2, 0) is 22.4 Å². The standard InChI is InChI=1S/C31H31N3O3/c35-30(19-14-24-8-3-1-4-9-24)34-28-13-7-12-27(22-28)32-23-31(36)33-26-15-17-29(18-16-26)37-21-20-25-10-5-2-6-11-25/h1-13,15-18,22,32H,14,19-21,23H2,(H,33,36)(H,34,35). The molecule has 3 N–H and O–H groups in total. The normalized spacial score (nSPS) is 10.4. The van der Waals surface area contributed by atoms with Crippen molar-refractivity contribution in [3.8, 4) is 5.75 Å². The maximum Gasteiger partial charge on any atom is 0.243 e. The van der Waals surface area contributed by atoms with Gasteiger partial charge in [0.05, 0.1) is 13.2 Å². The number of carbonyl (C=O) groups is 2. The molecule has 0 atom stereocenters. The first kappa shape index (κ1) is 25.5. The van der Waals surface area contributed by atoms with Gasteiger partial charge in [0, 0.05) is 29.9 Å². The van der Waals surface area contributed by atoms with Crippen molar-refractivity contribution in [1.82, 2.24) is 0 Å². The minimum atomic E-state index is -0.171. The van der Waals surface area contributed by atoms with Crippen LogP contribution >= 0.6 is 0 Å². The van der Waals surface area contributed by atoms with E-state index in [9.17, 15) is 9.59 Å². The molecule has 0 aliphatic rings. The van der Waals surface area contributed by atoms with Gasteiger partial charge in [-0.3, -0.25) is 9.59 Å². The first-order valence-electron chi connectivity index (χ1n) is 12.4. The summed E-state index contributed by atoms with van der Waals surface area (Å²) in [5.41, 5.74) is 4.49. The van der Waals surface area contributed by atoms with Crippen LogP contribution in [0.2, 0.25) is 0 Å². The molecule has 2 amide bonds. The Kier molecular flexibility index (Phi) is 9.30. The summed E-state index contributed by atoms with van der Waals surface area (Å²) in [7, 11) is 0. The lowest BCUT2D eigenvalue weighted by molar-refractivity contribution is -0.116. The fourth-order valence-electron chi connectivity index (χ4n) is 3.79. The van der Waals surface area contributed by atoms with Crippen LogP contribution in [0.3, 0.4) is 0 Å². The number of amides is 2. The SMILES string of the molecule is O=C(CCc1ccccc1)Nc1cccc(NCC(=O)Nc2ccc(OCCc3ccccc3)cc2)c1. The van der Waals surface area contributed by atoms with E-state index in [4.69, 9.17) is 4.74 Å². The van der Waals surface area contributed by atoms with Crippen LogP contribution < -0.4 is 20.7 Å². The van der Waals surface area contributed by atoms with E-state index in [0.29, 0.717) is 30.8 Å². The third kappa shape index (κ3) is 8.85. The molecule has 0 spiro atoms. The Morgan fingerprint density at radius 2 is 1.22 bits per heavy atom. The molecule has 0 saturated heterocycles. The number of ether oxygens (including phenoxy) is 1. The highest BCUT2D eigenvalue weighted by Gasteiger charge is 2.06. The Labute approximate surface area is 217 Å². The van der Waals surface area contributed by atoms with Crippen molar-refractivity contribution in [1.29, 1.82) is 0 Å². The lowest BCUT2D eigenvalue weighted by Gasteiger charge is -2.11. The van der Waals surface area contributed by atoms with E-state index in [1.807, 2.05) is 97.1 Å². The van der Waals surface area contributed by atoms with E-state index in [2.05, 4.69) is 28.1 Å². The molecule has 37 heavy (non-hydrogen) atoms. The largest absolute Gasteiger partial charge is 0.493 e. The monoisotopic (exact) mass is 493 g/mol. The molecule has 4 rings (SSSR count). The number of anilines is 3. The van der Waals surface area contributed by atoms with Crippen molar-refractivity contribution in [2.75, 3.05) is 29.1 Å². The van der Waals surface area contributed by atoms with Crippen molar-refractivity contribution in [3.05, 3.63) is 120 Å². The maximum absolute atomic E-state index is 12.4. The Bertz CT molecular complexity index is 1280. The fourth-order valence-corrected chi connectivity index (χ4v) is 3.79. The summed E-state index contributed by atoms with van der Waals surface area (Å²) in [6.07, 6.45) is 1.93. The molecule has 188 valence electrons. The molecule has 0 aliphatic heterocycles. The molecule has 4 aromatic carbocycles. The average Bonchev–Trinajstić information content (AvgIpc) is 2.93. The summed E-state index contributed by atoms with van der Waals surface area (Å²) in [5.74, 6) is 0.538. The van der Waals surface area contributed by atoms with Crippen LogP contribution in [0.4, 0.5) is 17.1 Å². The predicted molar refractivity (Wildman–Crippen MR) is 149 cm³/mol. The molecule has 0 aliphatic carbocycles. The van der Waals surface area contributed by atoms with Crippen molar-refractivity contribution in [2.24, 2.45) is 0 Å². The number of nitrogens with one attached hydrogen (secondary N) is 3. The second-order valence-electron chi connectivity index (χ2n) is 8.62. The molecule has 0 bridgehead atoms. The minimum Gasteiger partial charge on any atom is -0.493 e. The van der Waals surface area contributed by atoms with Gasteiger partial charge in [-0.1, -0.05) is 66.7 Å². The van der Waals surface area contributed by atoms with Crippen LogP contribution in [0.1, 0.15) is 17.5 Å². The quantitative estimate of drug-likeness (QED) is 0.229. The summed E-state index contributed by atoms with van der Waals surface area (Å²) in [6.45, 7) is 0.687. The van der Waals surface area contributed by atoms with Gasteiger partial charge in [0.2, 0.25) is 11.8 Å². The summed E-state index contributed by atoms with van der Waals surface area (Å²) >= 11 is 0. The Balaban J connectivity index is 1.18. The zero-order valence-corrected chi connectivity index (χ0v) is 20.7. The Morgan fingerprint density at radius 3 is 1.92 bits per heavy atom. The van der Waals surface area contributed by atoms with E-state index < -0.39 is 0 Å². The molecular weight excluding hydrogens is 462 g/mol. The lowest BCUT2D eigenvalue weighted by Crippen LogP contribution is -2.21. The van der Waals surface area contributed by atoms with Crippen LogP contribution in [0.15, 0.2) is 109 Å². The number of rotatable bonds is 12. The predicted octanol–water partition coefficient (Wildman–Crippen LogP) is 5.93. The number of carbonyl (C=O) groups excluding carboxylic acids is 2. The third-order valence-corrected chi connectivity index (χ3v) is 5.72. The molecule has 0 aromatic heterocycles. The molecule has 0 radical (unpaired) electrons. The topological polar surface area (TPSA) is 79.5 Å². The van der Waals surface area contributed by atoms with Gasteiger partial charge < -0.3 is 20.7 Å². The van der Waals surface area contributed by atoms with Gasteiger partial charge in [0.1, 0.15) is 5.75 Å². The number of benzene rings is 4. The smallest absolute Gasteiger partial charge is 0.243 e. The molecule has 4 aromatic rings. The molecule has 0 saturated carbocycles. The van der Waals surface area contributed by atoms with Crippen molar-refractivity contribution in [3.63, 3.8) is 0 Å². The van der Waals surface area contributed by atoms with Crippen LogP contribution in [-0.4, -0.2) is 25.0 Å². The van der Waals surface area contributed by atoms with Gasteiger partial charge >= 0.3 is 0 Å². The second-order valence-corrected chi connectivity index (χ2v) is 8.62. The first-order chi connectivity index (χ1) is 18.1. The highest BCUT2D eigenvalue weighted by atomic mass is 16.5. The van der Waals surface area contributed by atoms with E-state index >= 15 is 0 Å². The van der Waals surface area contributed by atoms with Gasteiger partial charge in [-0.15, -0.1) is 0 Å². The van der Waals surface area contributed by atoms with Gasteiger partial charge in [-0.25, -0.2) is 0 Å². The van der Waals surface area contributed by atoms with E-state index in [0.717, 1.165) is 23.4 Å². The molecule has 0 heterocycles. The van der Waals surface area contributed by atoms with E-state index in [-0.39, 0.29) is 18.4 Å². The van der Waals surface area contributed by atoms with E-state index in [1.165, 1.54) is 5.56 Å². The second kappa shape index (κ2) is 13.5. The summed E-state index contributed by atoms with van der Waals surface area (Å²) in [5, 5.41) is 8.89. The van der Waals surface area contributed by atoms with Gasteiger partial charge in [-0.2, -0.15) is 0 Å². The van der Waals surface area contributed by atoms with Gasteiger partial charge in [0.25, 0.3) is 0 Å². The van der Waals surface area contributed by atoms with Crippen LogP contribution in [0.25, 0.3) is 0 Å². The highest BCUT2D eigenvalue weighted by Crippen LogP contribution is 2.18. The van der Waals surface area contributed by atoms with Gasteiger partial charge in [0.15, 0.2) is 0 Å². The van der Waals surface area contributed by atoms with Crippen LogP contribution in [0, 0.1) is 0 Å². The van der Waals surface area contributed by atoms with Crippen molar-refractivity contribution in [2.45, 2.75) is 19.3 Å². The average molecular weight is 494 g/mol. The fraction of sp³-hybridized carbons (Fsp3) is 0.161. The summed E-state index contributed by atoms with van der Waals surface area (Å²) in [6, 6.07) is 34.8. The van der Waals surface area contributed by atoms with Crippen LogP contribution in [0.5, 0.6) is 5.75 Å². The molecule has 0 fully saturated rings. The molecule has 6 heteroatoms. The summed E-state index contributed by atoms with van der Waals surface area (Å²) in [4.78, 5) is 24.7. The van der Waals surface area contributed by atoms with E-state index in [1.54, 1.807) is 0 Å². The Hall–Kier alpha value is -4.58. The third-order valence-electron chi connectivity index (χ3n) is 5.72. The van der Waals surface area contributed by atoms with Gasteiger partial charge in [-0.05, 0) is 60.0 Å². The highest BCUT2D eigenvalue weighted by molar-refractivity contribution is 5.94. The number of hydrogen-bond acceptors (Lipinski definition) is 4. The number of hydrogen-bond donors (Lipinski definition) is 3. The zero-order valence-electron chi connectivity index (χ0n) is 20.7. The maximum atomic E-state index is 12.4. The number of aryl methyl sites for hydroxylation is 1. The molecular formula is C31H31N3O3. The minimum absolute atomic E-state index is 0.0498. The molecule has 0 unspecified atom stereocenters. The van der Waals surface area contributed by atoms with Crippen molar-refractivity contribution >= 4 is 28.9 Å².